The summed E-state index contributed by atoms with van der Waals surface area (Å²) in [6.45, 7) is 0. The van der Waals surface area contributed by atoms with E-state index in [1.54, 1.807) is 24.3 Å². The molecule has 8 heteroatoms. The van der Waals surface area contributed by atoms with Gasteiger partial charge in [0.05, 0.1) is 4.90 Å². The molecule has 0 saturated carbocycles. The number of hydrogen-bond acceptors (Lipinski definition) is 6. The summed E-state index contributed by atoms with van der Waals surface area (Å²) in [6, 6.07) is 21.1. The fraction of sp³-hybridized carbons (Fsp3) is 0. The largest absolute Gasteiger partial charge is 0.362 e. The third kappa shape index (κ3) is 4.93. The van der Waals surface area contributed by atoms with E-state index in [-0.39, 0.29) is 16.6 Å². The molecule has 0 atom stereocenters. The Bertz CT molecular complexity index is 1350. The zero-order chi connectivity index (χ0) is 21.7. The summed E-state index contributed by atoms with van der Waals surface area (Å²) in [5, 5.41) is 5.04. The quantitative estimate of drug-likeness (QED) is 0.336. The zero-order valence-electron chi connectivity index (χ0n) is 16.3. The Balaban J connectivity index is 1.40. The summed E-state index contributed by atoms with van der Waals surface area (Å²) < 4.78 is 27.1. The predicted octanol–water partition coefficient (Wildman–Crippen LogP) is 4.24. The molecule has 0 aliphatic heterocycles. The van der Waals surface area contributed by atoms with E-state index in [4.69, 9.17) is 0 Å². The van der Waals surface area contributed by atoms with Crippen LogP contribution in [0.15, 0.2) is 102 Å². The van der Waals surface area contributed by atoms with Crippen LogP contribution in [0.4, 0.5) is 11.6 Å². The monoisotopic (exact) mass is 430 g/mol. The number of nitrogens with one attached hydrogen (secondary N) is 2. The molecule has 0 radical (unpaired) electrons. The first-order valence-electron chi connectivity index (χ1n) is 9.37. The highest BCUT2D eigenvalue weighted by atomic mass is 32.2. The third-order valence-electron chi connectivity index (χ3n) is 4.47. The fourth-order valence-electron chi connectivity index (χ4n) is 2.91. The van der Waals surface area contributed by atoms with Crippen molar-refractivity contribution in [1.82, 2.24) is 9.97 Å². The number of carbonyl (C=O) groups is 1. The molecule has 1 aromatic heterocycles. The standard InChI is InChI=1S/C23H18N4O3S/c28-22(19-7-6-17-4-1-2-5-18(17)16-19)12-15-24-20-8-10-21(11-9-20)31(29,30)27-23-25-13-3-14-26-23/h1-16,24H,(H,25,26,27). The Labute approximate surface area is 179 Å². The Kier molecular flexibility index (Phi) is 5.72. The lowest BCUT2D eigenvalue weighted by molar-refractivity contribution is 0.104. The van der Waals surface area contributed by atoms with Crippen molar-refractivity contribution in [3.05, 3.63) is 103 Å². The number of fused-ring (bicyclic) bond motifs is 1. The van der Waals surface area contributed by atoms with Crippen LogP contribution >= 0.6 is 0 Å². The number of carbonyl (C=O) groups excluding carboxylic acids is 1. The van der Waals surface area contributed by atoms with Gasteiger partial charge in [-0.3, -0.25) is 4.79 Å². The zero-order valence-corrected chi connectivity index (χ0v) is 17.1. The number of anilines is 2. The van der Waals surface area contributed by atoms with Crippen LogP contribution < -0.4 is 10.0 Å². The number of ketones is 1. The van der Waals surface area contributed by atoms with Crippen molar-refractivity contribution >= 4 is 38.2 Å². The number of nitrogens with zero attached hydrogens (tertiary/aromatic N) is 2. The average Bonchev–Trinajstić information content (AvgIpc) is 2.79. The van der Waals surface area contributed by atoms with E-state index < -0.39 is 10.0 Å². The van der Waals surface area contributed by atoms with E-state index >= 15 is 0 Å². The van der Waals surface area contributed by atoms with Gasteiger partial charge in [-0.05, 0) is 47.2 Å². The maximum Gasteiger partial charge on any atom is 0.264 e. The number of rotatable bonds is 7. The smallest absolute Gasteiger partial charge is 0.264 e. The van der Waals surface area contributed by atoms with Gasteiger partial charge in [-0.2, -0.15) is 0 Å². The van der Waals surface area contributed by atoms with Crippen LogP contribution in [0.1, 0.15) is 10.4 Å². The molecule has 2 N–H and O–H groups in total. The summed E-state index contributed by atoms with van der Waals surface area (Å²) >= 11 is 0. The normalized spacial score (nSPS) is 11.5. The van der Waals surface area contributed by atoms with Crippen molar-refractivity contribution in [1.29, 1.82) is 0 Å². The molecule has 0 aliphatic rings. The first kappa shape index (κ1) is 20.2. The lowest BCUT2D eigenvalue weighted by Gasteiger charge is -2.07. The summed E-state index contributed by atoms with van der Waals surface area (Å²) in [7, 11) is -3.79. The highest BCUT2D eigenvalue weighted by Crippen LogP contribution is 2.18. The number of aromatic nitrogens is 2. The van der Waals surface area contributed by atoms with E-state index in [2.05, 4.69) is 20.0 Å². The Morgan fingerprint density at radius 3 is 2.29 bits per heavy atom. The second-order valence-electron chi connectivity index (χ2n) is 6.61. The van der Waals surface area contributed by atoms with Gasteiger partial charge in [0.2, 0.25) is 5.95 Å². The maximum absolute atomic E-state index is 12.4. The minimum Gasteiger partial charge on any atom is -0.362 e. The predicted molar refractivity (Wildman–Crippen MR) is 120 cm³/mol. The van der Waals surface area contributed by atoms with Crippen molar-refractivity contribution in [2.45, 2.75) is 4.90 Å². The number of hydrogen-bond donors (Lipinski definition) is 2. The molecule has 0 saturated heterocycles. The molecule has 3 aromatic carbocycles. The Hall–Kier alpha value is -4.04. The van der Waals surface area contributed by atoms with Gasteiger partial charge in [0, 0.05) is 35.9 Å². The minimum absolute atomic E-state index is 0.000150. The molecule has 0 fully saturated rings. The number of benzene rings is 3. The number of allylic oxidation sites excluding steroid dienone is 1. The highest BCUT2D eigenvalue weighted by molar-refractivity contribution is 7.92. The van der Waals surface area contributed by atoms with Crippen LogP contribution in [0, 0.1) is 0 Å². The third-order valence-corrected chi connectivity index (χ3v) is 5.82. The molecule has 0 aliphatic carbocycles. The first-order valence-corrected chi connectivity index (χ1v) is 10.9. The van der Waals surface area contributed by atoms with Gasteiger partial charge < -0.3 is 5.32 Å². The van der Waals surface area contributed by atoms with Gasteiger partial charge in [0.25, 0.3) is 10.0 Å². The molecule has 0 unspecified atom stereocenters. The molecule has 154 valence electrons. The maximum atomic E-state index is 12.4. The molecule has 31 heavy (non-hydrogen) atoms. The average molecular weight is 430 g/mol. The molecular weight excluding hydrogens is 412 g/mol. The summed E-state index contributed by atoms with van der Waals surface area (Å²) in [6.07, 6.45) is 5.85. The molecule has 4 rings (SSSR count). The van der Waals surface area contributed by atoms with Crippen molar-refractivity contribution in [2.24, 2.45) is 0 Å². The van der Waals surface area contributed by atoms with Gasteiger partial charge in [-0.15, -0.1) is 0 Å². The van der Waals surface area contributed by atoms with Gasteiger partial charge >= 0.3 is 0 Å². The molecule has 7 nitrogen and oxygen atoms in total. The summed E-state index contributed by atoms with van der Waals surface area (Å²) in [5.41, 5.74) is 1.23. The summed E-state index contributed by atoms with van der Waals surface area (Å²) in [5.74, 6) is -0.135. The molecule has 0 bridgehead atoms. The van der Waals surface area contributed by atoms with Crippen molar-refractivity contribution in [3.63, 3.8) is 0 Å². The highest BCUT2D eigenvalue weighted by Gasteiger charge is 2.15. The number of sulfonamides is 1. The van der Waals surface area contributed by atoms with Crippen LogP contribution in [0.25, 0.3) is 10.8 Å². The molecule has 0 spiro atoms. The van der Waals surface area contributed by atoms with Crippen LogP contribution in [0.3, 0.4) is 0 Å². The van der Waals surface area contributed by atoms with E-state index in [1.807, 2.05) is 36.4 Å². The molecule has 0 amide bonds. The lowest BCUT2D eigenvalue weighted by Crippen LogP contribution is -2.14. The van der Waals surface area contributed by atoms with Crippen molar-refractivity contribution < 1.29 is 13.2 Å². The SMILES string of the molecule is O=C(C=CNc1ccc(S(=O)(=O)Nc2ncccn2)cc1)c1ccc2ccccc2c1. The topological polar surface area (TPSA) is 101 Å². The van der Waals surface area contributed by atoms with Gasteiger partial charge in [0.15, 0.2) is 5.78 Å². The van der Waals surface area contributed by atoms with Crippen molar-refractivity contribution in [2.75, 3.05) is 10.0 Å². The van der Waals surface area contributed by atoms with Crippen LogP contribution in [0.5, 0.6) is 0 Å². The summed E-state index contributed by atoms with van der Waals surface area (Å²) in [4.78, 5) is 20.2. The second-order valence-corrected chi connectivity index (χ2v) is 8.29. The van der Waals surface area contributed by atoms with E-state index in [0.29, 0.717) is 11.3 Å². The lowest BCUT2D eigenvalue weighted by atomic mass is 10.0. The molecule has 4 aromatic rings. The van der Waals surface area contributed by atoms with Crippen LogP contribution in [-0.4, -0.2) is 24.2 Å². The van der Waals surface area contributed by atoms with E-state index in [1.165, 1.54) is 36.8 Å². The van der Waals surface area contributed by atoms with Crippen LogP contribution in [0.2, 0.25) is 0 Å². The Morgan fingerprint density at radius 1 is 0.839 bits per heavy atom. The van der Waals surface area contributed by atoms with E-state index in [0.717, 1.165) is 10.8 Å². The fourth-order valence-corrected chi connectivity index (χ4v) is 3.87. The second kappa shape index (κ2) is 8.76. The first-order chi connectivity index (χ1) is 15.0. The van der Waals surface area contributed by atoms with E-state index in [9.17, 15) is 13.2 Å². The molecule has 1 heterocycles. The van der Waals surface area contributed by atoms with Gasteiger partial charge in [-0.25, -0.2) is 23.1 Å². The van der Waals surface area contributed by atoms with Gasteiger partial charge in [-0.1, -0.05) is 36.4 Å². The van der Waals surface area contributed by atoms with Crippen LogP contribution in [-0.2, 0) is 10.0 Å². The van der Waals surface area contributed by atoms with Crippen molar-refractivity contribution in [3.8, 4) is 0 Å². The Morgan fingerprint density at radius 2 is 1.55 bits per heavy atom. The molecular formula is C23H18N4O3S. The van der Waals surface area contributed by atoms with Gasteiger partial charge in [0.1, 0.15) is 0 Å². The minimum atomic E-state index is -3.79.